The van der Waals surface area contributed by atoms with Crippen LogP contribution in [-0.4, -0.2) is 46.2 Å². The topological polar surface area (TPSA) is 55.4 Å². The number of sulfone groups is 1. The lowest BCUT2D eigenvalue weighted by molar-refractivity contribution is 0.127. The molecule has 4 nitrogen and oxygen atoms in total. The third-order valence-electron chi connectivity index (χ3n) is 2.35. The van der Waals surface area contributed by atoms with Crippen molar-refractivity contribution in [3.05, 3.63) is 0 Å². The molecule has 1 heterocycles. The number of hydrogen-bond donors (Lipinski definition) is 1. The van der Waals surface area contributed by atoms with E-state index in [2.05, 4.69) is 5.32 Å². The Bertz CT molecular complexity index is 245. The van der Waals surface area contributed by atoms with Crippen molar-refractivity contribution in [1.82, 2.24) is 5.32 Å². The van der Waals surface area contributed by atoms with Crippen molar-refractivity contribution in [2.45, 2.75) is 25.4 Å². The minimum Gasteiger partial charge on any atom is -0.377 e. The highest BCUT2D eigenvalue weighted by molar-refractivity contribution is 7.91. The van der Waals surface area contributed by atoms with Gasteiger partial charge in [0.2, 0.25) is 0 Å². The van der Waals surface area contributed by atoms with Crippen LogP contribution >= 0.6 is 0 Å². The molecule has 0 aromatic heterocycles. The third-order valence-corrected chi connectivity index (χ3v) is 4.14. The van der Waals surface area contributed by atoms with Crippen LogP contribution in [0, 0.1) is 0 Å². The van der Waals surface area contributed by atoms with Gasteiger partial charge < -0.3 is 10.1 Å². The summed E-state index contributed by atoms with van der Waals surface area (Å²) in [6.45, 7) is 1.47. The molecule has 1 aliphatic heterocycles. The van der Waals surface area contributed by atoms with E-state index in [1.54, 1.807) is 0 Å². The van der Waals surface area contributed by atoms with E-state index in [1.165, 1.54) is 0 Å². The monoisotopic (exact) mass is 221 g/mol. The van der Waals surface area contributed by atoms with Gasteiger partial charge in [-0.1, -0.05) is 0 Å². The Morgan fingerprint density at radius 1 is 1.50 bits per heavy atom. The van der Waals surface area contributed by atoms with E-state index in [1.807, 2.05) is 7.05 Å². The highest BCUT2D eigenvalue weighted by atomic mass is 32.2. The first kappa shape index (κ1) is 11.9. The molecule has 1 aliphatic rings. The number of nitrogens with one attached hydrogen (secondary N) is 1. The molecule has 0 aromatic carbocycles. The maximum absolute atomic E-state index is 11.6. The Hall–Kier alpha value is -0.130. The fourth-order valence-electron chi connectivity index (χ4n) is 1.61. The average Bonchev–Trinajstić information content (AvgIpc) is 2.56. The molecule has 1 unspecified atom stereocenters. The van der Waals surface area contributed by atoms with E-state index in [-0.39, 0.29) is 17.6 Å². The van der Waals surface area contributed by atoms with E-state index in [4.69, 9.17) is 4.74 Å². The smallest absolute Gasteiger partial charge is 0.152 e. The molecule has 0 aliphatic carbocycles. The normalized spacial score (nSPS) is 22.8. The molecular weight excluding hydrogens is 202 g/mol. The Morgan fingerprint density at radius 2 is 2.29 bits per heavy atom. The fourth-order valence-corrected chi connectivity index (χ4v) is 3.19. The van der Waals surface area contributed by atoms with Gasteiger partial charge >= 0.3 is 0 Å². The predicted octanol–water partition coefficient (Wildman–Crippen LogP) is 0.190. The molecule has 1 rings (SSSR count). The number of hydrogen-bond acceptors (Lipinski definition) is 4. The summed E-state index contributed by atoms with van der Waals surface area (Å²) in [4.78, 5) is 0. The van der Waals surface area contributed by atoms with Gasteiger partial charge in [-0.3, -0.25) is 0 Å². The highest BCUT2D eigenvalue weighted by Crippen LogP contribution is 2.14. The van der Waals surface area contributed by atoms with Gasteiger partial charge in [0.25, 0.3) is 0 Å². The molecule has 1 N–H and O–H groups in total. The van der Waals surface area contributed by atoms with Crippen molar-refractivity contribution in [3.8, 4) is 0 Å². The maximum atomic E-state index is 11.6. The third kappa shape index (κ3) is 4.39. The first-order chi connectivity index (χ1) is 6.64. The Morgan fingerprint density at radius 3 is 2.86 bits per heavy atom. The van der Waals surface area contributed by atoms with Gasteiger partial charge in [0.1, 0.15) is 0 Å². The molecule has 0 spiro atoms. The summed E-state index contributed by atoms with van der Waals surface area (Å²) < 4.78 is 28.4. The summed E-state index contributed by atoms with van der Waals surface area (Å²) >= 11 is 0. The van der Waals surface area contributed by atoms with Crippen molar-refractivity contribution in [2.24, 2.45) is 0 Å². The second-order valence-corrected chi connectivity index (χ2v) is 5.94. The molecule has 14 heavy (non-hydrogen) atoms. The van der Waals surface area contributed by atoms with Gasteiger partial charge in [0.05, 0.1) is 17.6 Å². The van der Waals surface area contributed by atoms with Gasteiger partial charge in [0.15, 0.2) is 9.84 Å². The van der Waals surface area contributed by atoms with E-state index in [9.17, 15) is 8.42 Å². The van der Waals surface area contributed by atoms with Crippen LogP contribution in [0.5, 0.6) is 0 Å². The predicted molar refractivity (Wildman–Crippen MR) is 56.2 cm³/mol. The van der Waals surface area contributed by atoms with E-state index >= 15 is 0 Å². The molecule has 5 heteroatoms. The van der Waals surface area contributed by atoms with Crippen LogP contribution in [-0.2, 0) is 14.6 Å². The molecule has 1 saturated heterocycles. The SMILES string of the molecule is CNCCCS(=O)(=O)CC1CCCO1. The average molecular weight is 221 g/mol. The summed E-state index contributed by atoms with van der Waals surface area (Å²) in [7, 11) is -1.08. The molecular formula is C9H19NO3S. The van der Waals surface area contributed by atoms with Gasteiger partial charge in [-0.2, -0.15) is 0 Å². The van der Waals surface area contributed by atoms with E-state index in [0.29, 0.717) is 6.42 Å². The zero-order valence-electron chi connectivity index (χ0n) is 8.66. The van der Waals surface area contributed by atoms with Crippen molar-refractivity contribution in [2.75, 3.05) is 31.7 Å². The van der Waals surface area contributed by atoms with Gasteiger partial charge in [-0.15, -0.1) is 0 Å². The van der Waals surface area contributed by atoms with Crippen LogP contribution in [0.2, 0.25) is 0 Å². The fraction of sp³-hybridized carbons (Fsp3) is 1.00. The first-order valence-corrected chi connectivity index (χ1v) is 6.93. The van der Waals surface area contributed by atoms with E-state index < -0.39 is 9.84 Å². The standard InChI is InChI=1S/C9H19NO3S/c1-10-5-3-7-14(11,12)8-9-4-2-6-13-9/h9-10H,2-8H2,1H3. The summed E-state index contributed by atoms with van der Waals surface area (Å²) in [5.74, 6) is 0.477. The van der Waals surface area contributed by atoms with Crippen LogP contribution in [0.4, 0.5) is 0 Å². The summed E-state index contributed by atoms with van der Waals surface area (Å²) in [5, 5.41) is 2.94. The zero-order valence-corrected chi connectivity index (χ0v) is 9.48. The lowest BCUT2D eigenvalue weighted by Crippen LogP contribution is -2.24. The Balaban J connectivity index is 2.26. The van der Waals surface area contributed by atoms with Gasteiger partial charge in [-0.05, 0) is 32.9 Å². The van der Waals surface area contributed by atoms with E-state index in [0.717, 1.165) is 26.0 Å². The van der Waals surface area contributed by atoms with Crippen molar-refractivity contribution >= 4 is 9.84 Å². The number of ether oxygens (including phenoxy) is 1. The van der Waals surface area contributed by atoms with Crippen LogP contribution in [0.15, 0.2) is 0 Å². The Labute approximate surface area is 85.9 Å². The largest absolute Gasteiger partial charge is 0.377 e. The maximum Gasteiger partial charge on any atom is 0.152 e. The van der Waals surface area contributed by atoms with Crippen molar-refractivity contribution < 1.29 is 13.2 Å². The molecule has 0 saturated carbocycles. The van der Waals surface area contributed by atoms with Crippen LogP contribution in [0.3, 0.4) is 0 Å². The molecule has 0 radical (unpaired) electrons. The van der Waals surface area contributed by atoms with Crippen LogP contribution in [0.25, 0.3) is 0 Å². The summed E-state index contributed by atoms with van der Waals surface area (Å²) in [6.07, 6.45) is 2.53. The second kappa shape index (κ2) is 5.68. The summed E-state index contributed by atoms with van der Waals surface area (Å²) in [5.41, 5.74) is 0. The molecule has 84 valence electrons. The van der Waals surface area contributed by atoms with Gasteiger partial charge in [0, 0.05) is 6.61 Å². The zero-order chi connectivity index (χ0) is 10.4. The second-order valence-electron chi connectivity index (χ2n) is 3.71. The van der Waals surface area contributed by atoms with Crippen molar-refractivity contribution in [3.63, 3.8) is 0 Å². The molecule has 1 atom stereocenters. The van der Waals surface area contributed by atoms with Crippen LogP contribution in [0.1, 0.15) is 19.3 Å². The lowest BCUT2D eigenvalue weighted by atomic mass is 10.3. The van der Waals surface area contributed by atoms with Crippen molar-refractivity contribution in [1.29, 1.82) is 0 Å². The minimum absolute atomic E-state index is 0.0467. The van der Waals surface area contributed by atoms with Crippen LogP contribution < -0.4 is 5.32 Å². The molecule has 1 fully saturated rings. The Kier molecular flexibility index (Phi) is 4.84. The highest BCUT2D eigenvalue weighted by Gasteiger charge is 2.22. The molecule has 0 bridgehead atoms. The summed E-state index contributed by atoms with van der Waals surface area (Å²) in [6, 6.07) is 0. The quantitative estimate of drug-likeness (QED) is 0.651. The first-order valence-electron chi connectivity index (χ1n) is 5.11. The molecule has 0 aromatic rings. The lowest BCUT2D eigenvalue weighted by Gasteiger charge is -2.09. The molecule has 0 amide bonds. The number of rotatable bonds is 6. The minimum atomic E-state index is -2.90. The van der Waals surface area contributed by atoms with Gasteiger partial charge in [-0.25, -0.2) is 8.42 Å².